The summed E-state index contributed by atoms with van der Waals surface area (Å²) >= 11 is 0. The Morgan fingerprint density at radius 1 is 1.68 bits per heavy atom. The van der Waals surface area contributed by atoms with Gasteiger partial charge in [-0.05, 0) is 19.8 Å². The molecule has 2 aromatic heterocycles. The minimum absolute atomic E-state index is 0.0223. The Hall–Kier alpha value is -1.72. The summed E-state index contributed by atoms with van der Waals surface area (Å²) in [6.07, 6.45) is 5.50. The van der Waals surface area contributed by atoms with E-state index in [1.165, 1.54) is 7.17 Å². The molecule has 0 aliphatic carbocycles. The summed E-state index contributed by atoms with van der Waals surface area (Å²) in [5.41, 5.74) is 0.498. The molecule has 0 fully saturated rings. The number of rotatable bonds is 7. The molecule has 97 valence electrons. The maximum atomic E-state index is 7.92. The van der Waals surface area contributed by atoms with Gasteiger partial charge in [0.15, 0.2) is 12.9 Å². The lowest BCUT2D eigenvalue weighted by molar-refractivity contribution is 0.189. The molecule has 1 unspecified atom stereocenters. The number of imidazole rings is 1. The SMILES string of the molecule is [2H]N(C[B][B])c1nc(OC(C)CCC)nn2ccnc12. The summed E-state index contributed by atoms with van der Waals surface area (Å²) in [6, 6.07) is 0.237. The second kappa shape index (κ2) is 6.45. The normalized spacial score (nSPS) is 13.1. The van der Waals surface area contributed by atoms with Crippen LogP contribution in [0.4, 0.5) is 5.82 Å². The minimum Gasteiger partial charge on any atom is -0.459 e. The third-order valence-electron chi connectivity index (χ3n) is 2.56. The number of ether oxygens (including phenoxy) is 1. The quantitative estimate of drug-likeness (QED) is 0.745. The van der Waals surface area contributed by atoms with Crippen LogP contribution in [0.15, 0.2) is 12.4 Å². The van der Waals surface area contributed by atoms with Crippen LogP contribution in [0, 0.1) is 0 Å². The van der Waals surface area contributed by atoms with Crippen molar-refractivity contribution in [3.05, 3.63) is 12.4 Å². The van der Waals surface area contributed by atoms with Crippen molar-refractivity contribution in [2.45, 2.75) is 32.8 Å². The Kier molecular flexibility index (Phi) is 4.18. The van der Waals surface area contributed by atoms with Crippen LogP contribution >= 0.6 is 0 Å². The summed E-state index contributed by atoms with van der Waals surface area (Å²) in [5.74, 6) is 0.366. The molecule has 19 heavy (non-hydrogen) atoms. The fraction of sp³-hybridized carbons (Fsp3) is 0.545. The highest BCUT2D eigenvalue weighted by atomic mass is 16.5. The first kappa shape index (κ1) is 12.3. The van der Waals surface area contributed by atoms with E-state index in [1.54, 1.807) is 16.9 Å². The van der Waals surface area contributed by atoms with Gasteiger partial charge in [0.2, 0.25) is 0 Å². The van der Waals surface area contributed by atoms with E-state index < -0.39 is 0 Å². The molecule has 0 amide bonds. The van der Waals surface area contributed by atoms with Gasteiger partial charge in [-0.1, -0.05) is 13.3 Å². The fourth-order valence-electron chi connectivity index (χ4n) is 1.73. The molecular weight excluding hydrogens is 240 g/mol. The molecule has 3 radical (unpaired) electrons. The van der Waals surface area contributed by atoms with Crippen molar-refractivity contribution in [3.8, 4) is 6.01 Å². The molecule has 0 aliphatic heterocycles. The first-order chi connectivity index (χ1) is 9.65. The van der Waals surface area contributed by atoms with Crippen molar-refractivity contribution in [1.82, 2.24) is 19.6 Å². The molecule has 0 saturated heterocycles. The van der Waals surface area contributed by atoms with Gasteiger partial charge in [0.25, 0.3) is 0 Å². The smallest absolute Gasteiger partial charge is 0.336 e. The lowest BCUT2D eigenvalue weighted by atomic mass is 9.56. The van der Waals surface area contributed by atoms with E-state index in [0.717, 1.165) is 18.2 Å². The summed E-state index contributed by atoms with van der Waals surface area (Å²) in [7, 11) is 6.74. The third kappa shape index (κ3) is 3.39. The molecule has 8 heteroatoms. The standard InChI is InChI=1S/C11H16B2N5O/c1-3-4-8(2)19-11-16-9(15-7-13-12)10-14-5-6-18(10)17-11/h5-6,8H,3-4,7H2,1-2H3,(H,15,16,17)/i/hD. The zero-order valence-corrected chi connectivity index (χ0v) is 11.2. The molecule has 0 spiro atoms. The predicted octanol–water partition coefficient (Wildman–Crippen LogP) is 0.849. The van der Waals surface area contributed by atoms with E-state index >= 15 is 0 Å². The topological polar surface area (TPSA) is 64.3 Å². The average molecular weight is 257 g/mol. The van der Waals surface area contributed by atoms with Crippen LogP contribution in [-0.2, 0) is 0 Å². The van der Waals surface area contributed by atoms with Gasteiger partial charge in [-0.15, -0.1) is 5.10 Å². The number of fused-ring (bicyclic) bond motifs is 1. The van der Waals surface area contributed by atoms with E-state index in [2.05, 4.69) is 22.0 Å². The number of aromatic nitrogens is 4. The van der Waals surface area contributed by atoms with Gasteiger partial charge < -0.3 is 10.0 Å². The molecule has 0 saturated carbocycles. The minimum atomic E-state index is 0.0223. The van der Waals surface area contributed by atoms with Gasteiger partial charge in [-0.25, -0.2) is 9.50 Å². The zero-order chi connectivity index (χ0) is 14.5. The lowest BCUT2D eigenvalue weighted by Gasteiger charge is -2.13. The molecule has 1 N–H and O–H groups in total. The Bertz CT molecular complexity index is 567. The Balaban J connectivity index is 2.32. The molecule has 2 aromatic rings. The van der Waals surface area contributed by atoms with E-state index in [9.17, 15) is 0 Å². The molecule has 0 aromatic carbocycles. The first-order valence-corrected chi connectivity index (χ1v) is 6.33. The van der Waals surface area contributed by atoms with Crippen LogP contribution in [0.3, 0.4) is 0 Å². The maximum absolute atomic E-state index is 7.92. The summed E-state index contributed by atoms with van der Waals surface area (Å²) in [4.78, 5) is 8.40. The van der Waals surface area contributed by atoms with Crippen LogP contribution < -0.4 is 10.0 Å². The summed E-state index contributed by atoms with van der Waals surface area (Å²) < 4.78 is 15.1. The summed E-state index contributed by atoms with van der Waals surface area (Å²) in [5, 5.41) is 5.38. The molecule has 6 nitrogen and oxygen atoms in total. The van der Waals surface area contributed by atoms with Crippen molar-refractivity contribution in [3.63, 3.8) is 0 Å². The molecule has 1 atom stereocenters. The average Bonchev–Trinajstić information content (AvgIpc) is 2.86. The monoisotopic (exact) mass is 257 g/mol. The second-order valence-corrected chi connectivity index (χ2v) is 4.21. The van der Waals surface area contributed by atoms with Crippen LogP contribution in [0.2, 0.25) is 1.41 Å². The van der Waals surface area contributed by atoms with Gasteiger partial charge in [0, 0.05) is 20.1 Å². The molecular formula is C11H16B2N5O. The van der Waals surface area contributed by atoms with Crippen molar-refractivity contribution >= 4 is 26.4 Å². The number of nitrogens with one attached hydrogen (secondary N) is 1. The second-order valence-electron chi connectivity index (χ2n) is 4.21. The van der Waals surface area contributed by atoms with Crippen molar-refractivity contribution in [2.24, 2.45) is 0 Å². The van der Waals surface area contributed by atoms with Gasteiger partial charge in [0.05, 0.1) is 13.3 Å². The van der Waals surface area contributed by atoms with Crippen LogP contribution in [-0.4, -0.2) is 47.0 Å². The summed E-state index contributed by atoms with van der Waals surface area (Å²) in [6.45, 7) is 4.06. The van der Waals surface area contributed by atoms with Crippen molar-refractivity contribution in [2.75, 3.05) is 11.8 Å². The van der Waals surface area contributed by atoms with Crippen LogP contribution in [0.25, 0.3) is 5.65 Å². The Morgan fingerprint density at radius 2 is 2.53 bits per heavy atom. The largest absolute Gasteiger partial charge is 0.459 e. The number of hydrogen-bond acceptors (Lipinski definition) is 5. The van der Waals surface area contributed by atoms with Gasteiger partial charge >= 0.3 is 6.01 Å². The van der Waals surface area contributed by atoms with E-state index in [-0.39, 0.29) is 18.6 Å². The van der Waals surface area contributed by atoms with E-state index in [4.69, 9.17) is 13.9 Å². The lowest BCUT2D eigenvalue weighted by Crippen LogP contribution is -2.17. The van der Waals surface area contributed by atoms with Gasteiger partial charge in [-0.2, -0.15) is 4.98 Å². The molecule has 0 bridgehead atoms. The predicted molar refractivity (Wildman–Crippen MR) is 75.8 cm³/mol. The highest BCUT2D eigenvalue weighted by Gasteiger charge is 2.11. The highest BCUT2D eigenvalue weighted by Crippen LogP contribution is 2.16. The number of nitrogens with zero attached hydrogens (tertiary/aromatic N) is 4. The van der Waals surface area contributed by atoms with E-state index in [0.29, 0.717) is 11.5 Å². The Labute approximate surface area is 116 Å². The van der Waals surface area contributed by atoms with Crippen molar-refractivity contribution < 1.29 is 6.15 Å². The molecule has 2 heterocycles. The van der Waals surface area contributed by atoms with Crippen molar-refractivity contribution in [1.29, 1.82) is 0 Å². The number of hydrogen-bond donors (Lipinski definition) is 1. The van der Waals surface area contributed by atoms with Crippen LogP contribution in [0.1, 0.15) is 26.7 Å². The van der Waals surface area contributed by atoms with Crippen LogP contribution in [0.5, 0.6) is 6.01 Å². The first-order valence-electron chi connectivity index (χ1n) is 6.78. The number of anilines is 1. The third-order valence-corrected chi connectivity index (χ3v) is 2.56. The molecule has 2 rings (SSSR count). The Morgan fingerprint density at radius 3 is 3.26 bits per heavy atom. The highest BCUT2D eigenvalue weighted by molar-refractivity contribution is 6.89. The van der Waals surface area contributed by atoms with E-state index in [1.807, 2.05) is 6.92 Å². The molecule has 0 aliphatic rings. The maximum Gasteiger partial charge on any atom is 0.336 e. The zero-order valence-electron chi connectivity index (χ0n) is 12.2. The van der Waals surface area contributed by atoms with Gasteiger partial charge in [0.1, 0.15) is 0 Å². The fourth-order valence-corrected chi connectivity index (χ4v) is 1.73. The van der Waals surface area contributed by atoms with Gasteiger partial charge in [-0.3, -0.25) is 0 Å².